The molecule has 0 fully saturated rings. The van der Waals surface area contributed by atoms with E-state index in [4.69, 9.17) is 23.2 Å². The van der Waals surface area contributed by atoms with E-state index in [2.05, 4.69) is 20.9 Å². The zero-order chi connectivity index (χ0) is 18.5. The van der Waals surface area contributed by atoms with Crippen LogP contribution in [0.3, 0.4) is 0 Å². The fourth-order valence-corrected chi connectivity index (χ4v) is 2.80. The molecule has 5 nitrogen and oxygen atoms in total. The van der Waals surface area contributed by atoms with Gasteiger partial charge in [0.2, 0.25) is 0 Å². The number of hydrogen-bond acceptors (Lipinski definition) is 4. The monoisotopic (exact) mass is 394 g/mol. The van der Waals surface area contributed by atoms with Gasteiger partial charge in [-0.1, -0.05) is 29.3 Å². The molecule has 3 N–H and O–H groups in total. The topological polar surface area (TPSA) is 65.5 Å². The molecule has 0 radical (unpaired) electrons. The molecular weight excluding hydrogens is 378 g/mol. The van der Waals surface area contributed by atoms with Gasteiger partial charge in [-0.05, 0) is 35.9 Å². The molecule has 8 heteroatoms. The van der Waals surface area contributed by atoms with E-state index in [1.54, 1.807) is 18.2 Å². The molecule has 0 bridgehead atoms. The fraction of sp³-hybridized carbons (Fsp3) is 0.222. The highest BCUT2D eigenvalue weighted by Gasteiger charge is 2.11. The van der Waals surface area contributed by atoms with Crippen molar-refractivity contribution in [2.45, 2.75) is 13.1 Å². The summed E-state index contributed by atoms with van der Waals surface area (Å²) in [5.41, 5.74) is 1.59. The van der Waals surface area contributed by atoms with Crippen LogP contribution in [0.4, 0.5) is 4.39 Å². The van der Waals surface area contributed by atoms with Crippen LogP contribution in [0.5, 0.6) is 0 Å². The predicted octanol–water partition coefficient (Wildman–Crippen LogP) is 3.11. The number of carbonyl (C=O) groups is 1. The Morgan fingerprint density at radius 3 is 2.73 bits per heavy atom. The lowest BCUT2D eigenvalue weighted by Gasteiger charge is -2.10. The maximum absolute atomic E-state index is 14.0. The van der Waals surface area contributed by atoms with E-state index < -0.39 is 0 Å². The molecule has 0 aromatic heterocycles. The molecule has 0 unspecified atom stereocenters. The molecule has 1 amide bonds. The van der Waals surface area contributed by atoms with E-state index in [0.29, 0.717) is 40.2 Å². The van der Waals surface area contributed by atoms with Gasteiger partial charge >= 0.3 is 0 Å². The number of nitrogens with zero attached hydrogens (tertiary/aromatic N) is 1. The van der Waals surface area contributed by atoms with Crippen molar-refractivity contribution < 1.29 is 9.18 Å². The minimum Gasteiger partial charge on any atom is -0.355 e. The quantitative estimate of drug-likeness (QED) is 0.729. The summed E-state index contributed by atoms with van der Waals surface area (Å²) in [5, 5.41) is 9.73. The summed E-state index contributed by atoms with van der Waals surface area (Å²) in [6.45, 7) is 2.00. The number of rotatable bonds is 5. The molecule has 0 saturated carbocycles. The molecule has 1 aliphatic heterocycles. The second-order valence-electron chi connectivity index (χ2n) is 5.75. The van der Waals surface area contributed by atoms with Crippen LogP contribution in [0, 0.1) is 5.82 Å². The van der Waals surface area contributed by atoms with Gasteiger partial charge in [0.25, 0.3) is 5.91 Å². The summed E-state index contributed by atoms with van der Waals surface area (Å²) in [6, 6.07) is 9.42. The second-order valence-corrected chi connectivity index (χ2v) is 6.56. The van der Waals surface area contributed by atoms with Gasteiger partial charge in [0.1, 0.15) is 5.82 Å². The van der Waals surface area contributed by atoms with Crippen LogP contribution < -0.4 is 16.0 Å². The van der Waals surface area contributed by atoms with Crippen molar-refractivity contribution in [3.8, 4) is 0 Å². The highest BCUT2D eigenvalue weighted by Crippen LogP contribution is 2.22. The normalized spacial score (nSPS) is 13.1. The molecule has 26 heavy (non-hydrogen) atoms. The Labute approximate surface area is 160 Å². The SMILES string of the molecule is O=C(NCc1ccc(Cl)c(Cl)c1)c1ccc(F)c(CNC2=NCCN2)c1. The second kappa shape index (κ2) is 8.38. The molecule has 2 aromatic carbocycles. The largest absolute Gasteiger partial charge is 0.355 e. The van der Waals surface area contributed by atoms with Crippen LogP contribution in [0.25, 0.3) is 0 Å². The number of halogens is 3. The van der Waals surface area contributed by atoms with Gasteiger partial charge in [0.15, 0.2) is 5.96 Å². The lowest BCUT2D eigenvalue weighted by Crippen LogP contribution is -2.33. The van der Waals surface area contributed by atoms with Gasteiger partial charge in [0, 0.05) is 30.8 Å². The number of nitrogens with one attached hydrogen (secondary N) is 3. The zero-order valence-corrected chi connectivity index (χ0v) is 15.3. The lowest BCUT2D eigenvalue weighted by atomic mass is 10.1. The Hall–Kier alpha value is -2.31. The number of aliphatic imine (C=N–C) groups is 1. The van der Waals surface area contributed by atoms with Gasteiger partial charge in [-0.25, -0.2) is 4.39 Å². The summed E-state index contributed by atoms with van der Waals surface area (Å²) in [6.07, 6.45) is 0. The summed E-state index contributed by atoms with van der Waals surface area (Å²) in [4.78, 5) is 16.5. The highest BCUT2D eigenvalue weighted by atomic mass is 35.5. The van der Waals surface area contributed by atoms with E-state index in [0.717, 1.165) is 12.1 Å². The van der Waals surface area contributed by atoms with Crippen molar-refractivity contribution in [2.75, 3.05) is 13.1 Å². The first-order valence-corrected chi connectivity index (χ1v) is 8.81. The molecule has 1 aliphatic rings. The maximum Gasteiger partial charge on any atom is 0.251 e. The van der Waals surface area contributed by atoms with E-state index in [1.807, 2.05) is 0 Å². The van der Waals surface area contributed by atoms with E-state index in [9.17, 15) is 9.18 Å². The van der Waals surface area contributed by atoms with Crippen molar-refractivity contribution >= 4 is 35.1 Å². The van der Waals surface area contributed by atoms with Gasteiger partial charge in [0.05, 0.1) is 16.6 Å². The lowest BCUT2D eigenvalue weighted by molar-refractivity contribution is 0.0950. The average molecular weight is 395 g/mol. The Morgan fingerprint density at radius 2 is 2.00 bits per heavy atom. The fourth-order valence-electron chi connectivity index (χ4n) is 2.48. The van der Waals surface area contributed by atoms with Crippen LogP contribution in [0.2, 0.25) is 10.0 Å². The minimum absolute atomic E-state index is 0.242. The van der Waals surface area contributed by atoms with Gasteiger partial charge in [-0.15, -0.1) is 0 Å². The van der Waals surface area contributed by atoms with Gasteiger partial charge in [-0.2, -0.15) is 0 Å². The molecule has 0 saturated heterocycles. The first-order chi connectivity index (χ1) is 12.5. The molecule has 0 spiro atoms. The number of amides is 1. The smallest absolute Gasteiger partial charge is 0.251 e. The molecule has 0 atom stereocenters. The highest BCUT2D eigenvalue weighted by molar-refractivity contribution is 6.42. The first kappa shape index (κ1) is 18.5. The van der Waals surface area contributed by atoms with Crippen LogP contribution >= 0.6 is 23.2 Å². The maximum atomic E-state index is 14.0. The molecule has 1 heterocycles. The zero-order valence-electron chi connectivity index (χ0n) is 13.8. The summed E-state index contributed by atoms with van der Waals surface area (Å²) >= 11 is 11.8. The van der Waals surface area contributed by atoms with Crippen LogP contribution in [0.15, 0.2) is 41.4 Å². The third kappa shape index (κ3) is 4.65. The number of hydrogen-bond donors (Lipinski definition) is 3. The Morgan fingerprint density at radius 1 is 1.15 bits per heavy atom. The average Bonchev–Trinajstić information content (AvgIpc) is 3.15. The third-order valence-corrected chi connectivity index (χ3v) is 4.60. The molecule has 3 rings (SSSR count). The van der Waals surface area contributed by atoms with Crippen LogP contribution in [0.1, 0.15) is 21.5 Å². The molecule has 0 aliphatic carbocycles. The number of benzene rings is 2. The van der Waals surface area contributed by atoms with Crippen molar-refractivity contribution in [1.29, 1.82) is 0 Å². The predicted molar refractivity (Wildman–Crippen MR) is 101 cm³/mol. The number of guanidine groups is 1. The first-order valence-electron chi connectivity index (χ1n) is 8.05. The van der Waals surface area contributed by atoms with E-state index in [-0.39, 0.29) is 18.3 Å². The van der Waals surface area contributed by atoms with Crippen molar-refractivity contribution in [3.05, 3.63) is 69.0 Å². The van der Waals surface area contributed by atoms with Crippen LogP contribution in [-0.2, 0) is 13.1 Å². The minimum atomic E-state index is -0.378. The summed E-state index contributed by atoms with van der Waals surface area (Å²) < 4.78 is 14.0. The third-order valence-electron chi connectivity index (χ3n) is 3.87. The van der Waals surface area contributed by atoms with Crippen molar-refractivity contribution in [1.82, 2.24) is 16.0 Å². The number of carbonyl (C=O) groups excluding carboxylic acids is 1. The Bertz CT molecular complexity index is 857. The van der Waals surface area contributed by atoms with Crippen LogP contribution in [-0.4, -0.2) is 25.0 Å². The summed E-state index contributed by atoms with van der Waals surface area (Å²) in [7, 11) is 0. The summed E-state index contributed by atoms with van der Waals surface area (Å²) in [5.74, 6) is -0.0374. The standard InChI is InChI=1S/C18H17Cl2FN4O/c19-14-3-1-11(7-15(14)20)9-24-17(26)12-2-4-16(21)13(8-12)10-25-18-22-5-6-23-18/h1-4,7-8H,5-6,9-10H2,(H,24,26)(H2,22,23,25). The molecular formula is C18H17Cl2FN4O. The van der Waals surface area contributed by atoms with Gasteiger partial charge in [-0.3, -0.25) is 9.79 Å². The molecule has 136 valence electrons. The van der Waals surface area contributed by atoms with Gasteiger partial charge < -0.3 is 16.0 Å². The Kier molecular flexibility index (Phi) is 5.96. The van der Waals surface area contributed by atoms with Crippen molar-refractivity contribution in [2.24, 2.45) is 4.99 Å². The Balaban J connectivity index is 1.63. The van der Waals surface area contributed by atoms with Crippen molar-refractivity contribution in [3.63, 3.8) is 0 Å². The molecule has 2 aromatic rings. The van der Waals surface area contributed by atoms with E-state index >= 15 is 0 Å². The van der Waals surface area contributed by atoms with E-state index in [1.165, 1.54) is 18.2 Å².